The van der Waals surface area contributed by atoms with E-state index in [-0.39, 0.29) is 36.1 Å². The van der Waals surface area contributed by atoms with Crippen LogP contribution in [0, 0.1) is 11.7 Å². The molecule has 0 aliphatic carbocycles. The van der Waals surface area contributed by atoms with Crippen LogP contribution in [0.25, 0.3) is 11.1 Å². The first-order valence-electron chi connectivity index (χ1n) is 15.3. The average molecular weight is 584 g/mol. The highest BCUT2D eigenvalue weighted by atomic mass is 19.1. The Morgan fingerprint density at radius 3 is 1.86 bits per heavy atom. The summed E-state index contributed by atoms with van der Waals surface area (Å²) in [6, 6.07) is 32.2. The lowest BCUT2D eigenvalue weighted by Gasteiger charge is -2.27. The zero-order valence-electron chi connectivity index (χ0n) is 25.6. The molecule has 4 aromatic carbocycles. The Labute approximate surface area is 255 Å². The Balaban J connectivity index is 0.00000248. The number of quaternary nitrogens is 1. The Morgan fingerprint density at radius 1 is 0.767 bits per heavy atom. The Hall–Kier alpha value is -4.29. The predicted molar refractivity (Wildman–Crippen MR) is 172 cm³/mol. The molecular formula is C37H44FN2O3+. The maximum Gasteiger partial charge on any atom is 0.333 e. The molecule has 0 radical (unpaired) electrons. The van der Waals surface area contributed by atoms with Gasteiger partial charge in [-0.05, 0) is 53.8 Å². The van der Waals surface area contributed by atoms with Gasteiger partial charge in [-0.3, -0.25) is 4.79 Å². The molecule has 0 unspecified atom stereocenters. The van der Waals surface area contributed by atoms with Crippen LogP contribution in [0.15, 0.2) is 109 Å². The highest BCUT2D eigenvalue weighted by molar-refractivity contribution is 5.97. The number of anilines is 1. The molecule has 0 spiro atoms. The summed E-state index contributed by atoms with van der Waals surface area (Å²) in [5.74, 6) is -0.448. The number of benzene rings is 4. The normalized spacial score (nSPS) is 12.0. The lowest BCUT2D eigenvalue weighted by Crippen LogP contribution is -2.88. The van der Waals surface area contributed by atoms with Gasteiger partial charge in [0.05, 0.1) is 0 Å². The van der Waals surface area contributed by atoms with Gasteiger partial charge in [-0.15, -0.1) is 0 Å². The molecule has 4 aromatic rings. The molecule has 2 atom stereocenters. The molecule has 0 heterocycles. The van der Waals surface area contributed by atoms with Gasteiger partial charge in [0, 0.05) is 17.2 Å². The summed E-state index contributed by atoms with van der Waals surface area (Å²) in [6.45, 7) is 8.93. The predicted octanol–water partition coefficient (Wildman–Crippen LogP) is 7.47. The van der Waals surface area contributed by atoms with E-state index in [9.17, 15) is 14.0 Å². The lowest BCUT2D eigenvalue weighted by molar-refractivity contribution is -0.650. The number of ether oxygens (including phenoxy) is 1. The maximum atomic E-state index is 13.6. The Morgan fingerprint density at radius 2 is 1.30 bits per heavy atom. The molecule has 0 aliphatic heterocycles. The fourth-order valence-electron chi connectivity index (χ4n) is 4.98. The van der Waals surface area contributed by atoms with Gasteiger partial charge in [0.15, 0.2) is 12.1 Å². The van der Waals surface area contributed by atoms with Gasteiger partial charge in [-0.1, -0.05) is 113 Å². The van der Waals surface area contributed by atoms with Crippen LogP contribution in [0.3, 0.4) is 0 Å². The molecule has 43 heavy (non-hydrogen) atoms. The van der Waals surface area contributed by atoms with Crippen LogP contribution in [-0.4, -0.2) is 30.9 Å². The Bertz CT molecular complexity index is 1370. The molecule has 226 valence electrons. The van der Waals surface area contributed by atoms with E-state index in [0.717, 1.165) is 35.2 Å². The fraction of sp³-hybridized carbons (Fsp3) is 0.297. The van der Waals surface area contributed by atoms with Gasteiger partial charge in [0.2, 0.25) is 5.78 Å². The summed E-state index contributed by atoms with van der Waals surface area (Å²) in [6.07, 6.45) is 1.39. The summed E-state index contributed by atoms with van der Waals surface area (Å²) in [4.78, 5) is 26.5. The number of para-hydroxylation sites is 1. The largest absolute Gasteiger partial charge is 0.454 e. The Kier molecular flexibility index (Phi) is 13.6. The van der Waals surface area contributed by atoms with Crippen molar-refractivity contribution in [3.63, 3.8) is 0 Å². The van der Waals surface area contributed by atoms with E-state index in [1.54, 1.807) is 24.3 Å². The van der Waals surface area contributed by atoms with Crippen molar-refractivity contribution in [1.82, 2.24) is 0 Å². The van der Waals surface area contributed by atoms with E-state index in [2.05, 4.69) is 19.2 Å². The number of nitrogens with one attached hydrogen (secondary N) is 1. The molecule has 0 aromatic heterocycles. The first-order chi connectivity index (χ1) is 21.0. The molecule has 4 rings (SSSR count). The summed E-state index contributed by atoms with van der Waals surface area (Å²) >= 11 is 0. The van der Waals surface area contributed by atoms with E-state index < -0.39 is 6.04 Å². The highest BCUT2D eigenvalue weighted by Gasteiger charge is 2.30. The van der Waals surface area contributed by atoms with Crippen LogP contribution in [0.4, 0.5) is 10.1 Å². The van der Waals surface area contributed by atoms with Crippen LogP contribution in [0.1, 0.15) is 62.5 Å². The van der Waals surface area contributed by atoms with E-state index in [0.29, 0.717) is 12.1 Å². The van der Waals surface area contributed by atoms with Crippen molar-refractivity contribution in [2.75, 3.05) is 18.4 Å². The summed E-state index contributed by atoms with van der Waals surface area (Å²) in [7, 11) is 0. The number of nitrogens with two attached hydrogens (primary N) is 1. The van der Waals surface area contributed by atoms with Crippen molar-refractivity contribution < 1.29 is 24.0 Å². The number of halogens is 1. The lowest BCUT2D eigenvalue weighted by atomic mass is 9.96. The summed E-state index contributed by atoms with van der Waals surface area (Å²) in [5.41, 5.74) is 4.08. The molecular weight excluding hydrogens is 539 g/mol. The number of hydrogen-bond acceptors (Lipinski definition) is 4. The average Bonchev–Trinajstić information content (AvgIpc) is 3.06. The second-order valence-corrected chi connectivity index (χ2v) is 10.1. The topological polar surface area (TPSA) is 72.0 Å². The number of rotatable bonds is 14. The number of hydrogen-bond donors (Lipinski definition) is 2. The van der Waals surface area contributed by atoms with Gasteiger partial charge in [-0.2, -0.15) is 0 Å². The third-order valence-electron chi connectivity index (χ3n) is 7.41. The van der Waals surface area contributed by atoms with Crippen molar-refractivity contribution in [2.45, 2.75) is 52.7 Å². The third kappa shape index (κ3) is 9.90. The number of carbonyl (C=O) groups is 2. The molecule has 6 heteroatoms. The molecule has 0 fully saturated rings. The number of Topliss-reactive ketones (excluding diaryl/α,β-unsaturated/α-hetero) is 1. The zero-order valence-corrected chi connectivity index (χ0v) is 25.6. The van der Waals surface area contributed by atoms with Crippen LogP contribution in [0.2, 0.25) is 0 Å². The molecule has 0 saturated heterocycles. The SMILES string of the molecule is CC.CCC(CC)[C@H](C[NH2+]CC(=O)c1ccc(-c2ccc(F)cc2)cc1)OC(=O)[C@H](Nc1ccccc1)c1ccccc1. The van der Waals surface area contributed by atoms with Gasteiger partial charge in [0.1, 0.15) is 18.9 Å². The van der Waals surface area contributed by atoms with Crippen LogP contribution in [-0.2, 0) is 9.53 Å². The van der Waals surface area contributed by atoms with Crippen molar-refractivity contribution >= 4 is 17.4 Å². The van der Waals surface area contributed by atoms with E-state index in [1.165, 1.54) is 12.1 Å². The standard InChI is InChI=1S/C35H37FN2O3.C2H6/c1-3-25(4-2)33(41-35(40)34(29-11-7-5-8-12-29)38-31-13-9-6-10-14-31)24-37-23-32(39)28-17-15-26(16-18-28)27-19-21-30(36)22-20-27;1-2/h5-22,25,33-34,37-38H,3-4,23-24H2,1-2H3;1-2H3/p+1/t33-,34+;/m0./s1. The van der Waals surface area contributed by atoms with Crippen molar-refractivity contribution in [1.29, 1.82) is 0 Å². The number of ketones is 1. The number of carbonyl (C=O) groups excluding carboxylic acids is 2. The number of esters is 1. The summed E-state index contributed by atoms with van der Waals surface area (Å²) in [5, 5.41) is 5.26. The maximum absolute atomic E-state index is 13.6. The third-order valence-corrected chi connectivity index (χ3v) is 7.41. The molecule has 0 amide bonds. The van der Waals surface area contributed by atoms with Crippen molar-refractivity contribution in [3.05, 3.63) is 126 Å². The molecule has 3 N–H and O–H groups in total. The van der Waals surface area contributed by atoms with E-state index >= 15 is 0 Å². The second kappa shape index (κ2) is 17.6. The van der Waals surface area contributed by atoms with Crippen LogP contribution < -0.4 is 10.6 Å². The minimum absolute atomic E-state index is 0.00168. The quantitative estimate of drug-likeness (QED) is 0.119. The first kappa shape index (κ1) is 33.2. The van der Waals surface area contributed by atoms with Crippen LogP contribution in [0.5, 0.6) is 0 Å². The van der Waals surface area contributed by atoms with Gasteiger partial charge >= 0.3 is 5.97 Å². The van der Waals surface area contributed by atoms with Crippen molar-refractivity contribution in [2.24, 2.45) is 5.92 Å². The minimum Gasteiger partial charge on any atom is -0.454 e. The van der Waals surface area contributed by atoms with Crippen LogP contribution >= 0.6 is 0 Å². The first-order valence-corrected chi connectivity index (χ1v) is 15.3. The molecule has 0 aliphatic rings. The molecule has 5 nitrogen and oxygen atoms in total. The highest BCUT2D eigenvalue weighted by Crippen LogP contribution is 2.24. The fourth-order valence-corrected chi connectivity index (χ4v) is 4.98. The van der Waals surface area contributed by atoms with E-state index in [4.69, 9.17) is 4.74 Å². The smallest absolute Gasteiger partial charge is 0.333 e. The zero-order chi connectivity index (χ0) is 31.0. The second-order valence-electron chi connectivity index (χ2n) is 10.1. The summed E-state index contributed by atoms with van der Waals surface area (Å²) < 4.78 is 19.4. The van der Waals surface area contributed by atoms with Gasteiger partial charge < -0.3 is 15.4 Å². The monoisotopic (exact) mass is 583 g/mol. The van der Waals surface area contributed by atoms with Gasteiger partial charge in [0.25, 0.3) is 0 Å². The van der Waals surface area contributed by atoms with Crippen molar-refractivity contribution in [3.8, 4) is 11.1 Å². The van der Waals surface area contributed by atoms with E-state index in [1.807, 2.05) is 92.0 Å². The minimum atomic E-state index is -0.656. The molecule has 0 saturated carbocycles. The molecule has 0 bridgehead atoms. The van der Waals surface area contributed by atoms with Gasteiger partial charge in [-0.25, -0.2) is 9.18 Å².